The van der Waals surface area contributed by atoms with Crippen molar-refractivity contribution < 1.29 is 14.3 Å². The van der Waals surface area contributed by atoms with Crippen molar-refractivity contribution in [2.45, 2.75) is 12.6 Å². The van der Waals surface area contributed by atoms with Crippen molar-refractivity contribution in [2.75, 3.05) is 32.7 Å². The van der Waals surface area contributed by atoms with Crippen LogP contribution in [-0.2, 0) is 4.74 Å². The number of nitrogens with zero attached hydrogens (tertiary/aromatic N) is 1. The summed E-state index contributed by atoms with van der Waals surface area (Å²) in [6.07, 6.45) is 0.591. The molecule has 1 N–H and O–H groups in total. The van der Waals surface area contributed by atoms with E-state index < -0.39 is 0 Å². The van der Waals surface area contributed by atoms with E-state index in [1.165, 1.54) is 0 Å². The van der Waals surface area contributed by atoms with E-state index in [-0.39, 0.29) is 12.1 Å². The number of rotatable bonds is 6. The molecule has 1 unspecified atom stereocenters. The van der Waals surface area contributed by atoms with Gasteiger partial charge in [0.2, 0.25) is 0 Å². The first kappa shape index (κ1) is 16.3. The summed E-state index contributed by atoms with van der Waals surface area (Å²) in [6, 6.07) is 15.4. The molecule has 0 bridgehead atoms. The number of ether oxygens (including phenoxy) is 2. The number of nitrogens with one attached hydrogen (secondary N) is 1. The fraction of sp³-hybridized carbons (Fsp3) is 0.316. The van der Waals surface area contributed by atoms with Crippen molar-refractivity contribution in [3.05, 3.63) is 59.7 Å². The third kappa shape index (κ3) is 3.21. The van der Waals surface area contributed by atoms with Crippen LogP contribution >= 0.6 is 0 Å². The summed E-state index contributed by atoms with van der Waals surface area (Å²) >= 11 is 0. The summed E-state index contributed by atoms with van der Waals surface area (Å²) in [5.74, 6) is 0.841. The normalized spacial score (nSPS) is 16.5. The van der Waals surface area contributed by atoms with Gasteiger partial charge in [-0.05, 0) is 36.2 Å². The molecular formula is C19H22N2O3. The Balaban J connectivity index is 1.92. The van der Waals surface area contributed by atoms with Crippen LogP contribution in [0, 0.1) is 0 Å². The molecule has 1 heterocycles. The number of fused-ring (bicyclic) bond motifs is 1. The van der Waals surface area contributed by atoms with E-state index in [1.54, 1.807) is 14.2 Å². The number of amides is 1. The molecule has 1 atom stereocenters. The lowest BCUT2D eigenvalue weighted by Gasteiger charge is -2.38. The van der Waals surface area contributed by atoms with Gasteiger partial charge >= 0.3 is 0 Å². The van der Waals surface area contributed by atoms with Crippen LogP contribution in [0.5, 0.6) is 5.75 Å². The molecule has 1 aliphatic heterocycles. The minimum absolute atomic E-state index is 0.0428. The second kappa shape index (κ2) is 7.36. The second-order valence-electron chi connectivity index (χ2n) is 5.71. The maximum absolute atomic E-state index is 12.9. The van der Waals surface area contributed by atoms with Crippen molar-refractivity contribution in [3.63, 3.8) is 0 Å². The number of hydrogen-bond donors (Lipinski definition) is 1. The molecule has 0 spiro atoms. The van der Waals surface area contributed by atoms with Gasteiger partial charge in [-0.1, -0.05) is 24.3 Å². The van der Waals surface area contributed by atoms with Gasteiger partial charge in [0.05, 0.1) is 12.7 Å². The highest BCUT2D eigenvalue weighted by molar-refractivity contribution is 6.01. The predicted molar refractivity (Wildman–Crippen MR) is 93.3 cm³/mol. The van der Waals surface area contributed by atoms with Crippen LogP contribution in [0.4, 0.5) is 5.69 Å². The first-order chi connectivity index (χ1) is 11.7. The molecule has 24 heavy (non-hydrogen) atoms. The van der Waals surface area contributed by atoms with Crippen molar-refractivity contribution in [1.82, 2.24) is 4.90 Å². The number of anilines is 1. The van der Waals surface area contributed by atoms with Crippen molar-refractivity contribution >= 4 is 11.6 Å². The zero-order valence-corrected chi connectivity index (χ0v) is 14.0. The van der Waals surface area contributed by atoms with Crippen molar-refractivity contribution in [3.8, 4) is 5.75 Å². The Morgan fingerprint density at radius 2 is 1.83 bits per heavy atom. The maximum atomic E-state index is 12.9. The highest BCUT2D eigenvalue weighted by atomic mass is 16.5. The topological polar surface area (TPSA) is 50.8 Å². The summed E-state index contributed by atoms with van der Waals surface area (Å²) < 4.78 is 10.4. The summed E-state index contributed by atoms with van der Waals surface area (Å²) in [5.41, 5.74) is 2.60. The van der Waals surface area contributed by atoms with Crippen LogP contribution in [0.3, 0.4) is 0 Å². The monoisotopic (exact) mass is 326 g/mol. The standard InChI is InChI=1S/C19H22N2O3/c1-23-13-5-12-21-18(14-8-10-15(24-2)11-9-14)20-17-7-4-3-6-16(17)19(21)22/h3-4,6-11,18,20H,5,12-13H2,1-2H3. The molecule has 0 saturated heterocycles. The fourth-order valence-electron chi connectivity index (χ4n) is 2.95. The lowest BCUT2D eigenvalue weighted by atomic mass is 10.0. The zero-order valence-electron chi connectivity index (χ0n) is 14.0. The molecule has 2 aromatic carbocycles. The minimum Gasteiger partial charge on any atom is -0.497 e. The SMILES string of the molecule is COCCCN1C(=O)c2ccccc2NC1c1ccc(OC)cc1. The van der Waals surface area contributed by atoms with Gasteiger partial charge in [-0.3, -0.25) is 4.79 Å². The van der Waals surface area contributed by atoms with Crippen LogP contribution in [0.2, 0.25) is 0 Å². The Labute approximate surface area is 142 Å². The van der Waals surface area contributed by atoms with Crippen LogP contribution in [0.1, 0.15) is 28.5 Å². The molecule has 126 valence electrons. The Bertz CT molecular complexity index is 700. The van der Waals surface area contributed by atoms with E-state index in [1.807, 2.05) is 53.4 Å². The molecule has 0 aromatic heterocycles. The molecule has 2 aromatic rings. The van der Waals surface area contributed by atoms with E-state index in [2.05, 4.69) is 5.32 Å². The molecule has 0 aliphatic carbocycles. The molecule has 5 nitrogen and oxygen atoms in total. The van der Waals surface area contributed by atoms with Crippen LogP contribution in [0.15, 0.2) is 48.5 Å². The lowest BCUT2D eigenvalue weighted by Crippen LogP contribution is -2.43. The van der Waals surface area contributed by atoms with Gasteiger partial charge in [-0.2, -0.15) is 0 Å². The third-order valence-electron chi connectivity index (χ3n) is 4.20. The molecular weight excluding hydrogens is 304 g/mol. The minimum atomic E-state index is -0.199. The summed E-state index contributed by atoms with van der Waals surface area (Å²) in [6.45, 7) is 1.26. The summed E-state index contributed by atoms with van der Waals surface area (Å²) in [7, 11) is 3.32. The zero-order chi connectivity index (χ0) is 16.9. The van der Waals surface area contributed by atoms with Crippen molar-refractivity contribution in [2.24, 2.45) is 0 Å². The van der Waals surface area contributed by atoms with Gasteiger partial charge in [0.25, 0.3) is 5.91 Å². The molecule has 3 rings (SSSR count). The number of carbonyl (C=O) groups is 1. The predicted octanol–water partition coefficient (Wildman–Crippen LogP) is 3.30. The number of methoxy groups -OCH3 is 2. The first-order valence-corrected chi connectivity index (χ1v) is 8.04. The molecule has 0 radical (unpaired) electrons. The molecule has 0 saturated carbocycles. The quantitative estimate of drug-likeness (QED) is 0.828. The Kier molecular flexibility index (Phi) is 5.01. The van der Waals surface area contributed by atoms with E-state index in [9.17, 15) is 4.79 Å². The second-order valence-corrected chi connectivity index (χ2v) is 5.71. The van der Waals surface area contributed by atoms with E-state index in [0.29, 0.717) is 18.7 Å². The lowest BCUT2D eigenvalue weighted by molar-refractivity contribution is 0.0660. The van der Waals surface area contributed by atoms with E-state index in [4.69, 9.17) is 9.47 Å². The number of carbonyl (C=O) groups excluding carboxylic acids is 1. The molecule has 1 amide bonds. The highest BCUT2D eigenvalue weighted by Gasteiger charge is 2.32. The van der Waals surface area contributed by atoms with Crippen LogP contribution in [0.25, 0.3) is 0 Å². The van der Waals surface area contributed by atoms with Crippen LogP contribution < -0.4 is 10.1 Å². The van der Waals surface area contributed by atoms with Crippen molar-refractivity contribution in [1.29, 1.82) is 0 Å². The number of benzene rings is 2. The van der Waals surface area contributed by atoms with E-state index in [0.717, 1.165) is 23.4 Å². The van der Waals surface area contributed by atoms with Gasteiger partial charge in [0, 0.05) is 25.9 Å². The number of hydrogen-bond acceptors (Lipinski definition) is 4. The molecule has 0 fully saturated rings. The summed E-state index contributed by atoms with van der Waals surface area (Å²) in [4.78, 5) is 14.8. The van der Waals surface area contributed by atoms with Gasteiger partial charge < -0.3 is 19.7 Å². The highest BCUT2D eigenvalue weighted by Crippen LogP contribution is 2.33. The Morgan fingerprint density at radius 1 is 1.08 bits per heavy atom. The fourth-order valence-corrected chi connectivity index (χ4v) is 2.95. The van der Waals surface area contributed by atoms with E-state index >= 15 is 0 Å². The van der Waals surface area contributed by atoms with Crippen LogP contribution in [-0.4, -0.2) is 38.2 Å². The van der Waals surface area contributed by atoms with Gasteiger partial charge in [-0.15, -0.1) is 0 Å². The number of para-hydroxylation sites is 1. The summed E-state index contributed by atoms with van der Waals surface area (Å²) in [5, 5.41) is 3.48. The average molecular weight is 326 g/mol. The van der Waals surface area contributed by atoms with Gasteiger partial charge in [-0.25, -0.2) is 0 Å². The first-order valence-electron chi connectivity index (χ1n) is 8.04. The third-order valence-corrected chi connectivity index (χ3v) is 4.20. The van der Waals surface area contributed by atoms with Gasteiger partial charge in [0.15, 0.2) is 0 Å². The molecule has 1 aliphatic rings. The Morgan fingerprint density at radius 3 is 2.54 bits per heavy atom. The Hall–Kier alpha value is -2.53. The maximum Gasteiger partial charge on any atom is 0.257 e. The largest absolute Gasteiger partial charge is 0.497 e. The average Bonchev–Trinajstić information content (AvgIpc) is 2.63. The molecule has 5 heteroatoms. The smallest absolute Gasteiger partial charge is 0.257 e. The van der Waals surface area contributed by atoms with Gasteiger partial charge in [0.1, 0.15) is 11.9 Å².